The highest BCUT2D eigenvalue weighted by Gasteiger charge is 2.31. The molecule has 0 radical (unpaired) electrons. The van der Waals surface area contributed by atoms with E-state index in [1.165, 1.54) is 29.2 Å². The van der Waals surface area contributed by atoms with E-state index >= 15 is 0 Å². The summed E-state index contributed by atoms with van der Waals surface area (Å²) in [5.41, 5.74) is 1.60. The Labute approximate surface area is 167 Å². The number of hydrogen-bond donors (Lipinski definition) is 3. The monoisotopic (exact) mass is 414 g/mol. The molecule has 9 heteroatoms. The zero-order valence-corrected chi connectivity index (χ0v) is 16.6. The first-order chi connectivity index (χ1) is 13.2. The third kappa shape index (κ3) is 6.58. The van der Waals surface area contributed by atoms with E-state index in [1.54, 1.807) is 7.11 Å². The average molecular weight is 414 g/mol. The van der Waals surface area contributed by atoms with Crippen LogP contribution in [-0.2, 0) is 0 Å². The van der Waals surface area contributed by atoms with Crippen LogP contribution < -0.4 is 25.0 Å². The van der Waals surface area contributed by atoms with E-state index < -0.39 is 6.36 Å². The van der Waals surface area contributed by atoms with Crippen LogP contribution in [0.5, 0.6) is 11.5 Å². The van der Waals surface area contributed by atoms with Gasteiger partial charge in [-0.3, -0.25) is 0 Å². The van der Waals surface area contributed by atoms with Crippen molar-refractivity contribution in [1.82, 2.24) is 5.32 Å². The van der Waals surface area contributed by atoms with Gasteiger partial charge in [-0.2, -0.15) is 0 Å². The van der Waals surface area contributed by atoms with Crippen LogP contribution in [0.3, 0.4) is 0 Å². The minimum Gasteiger partial charge on any atom is -0.496 e. The molecule has 5 nitrogen and oxygen atoms in total. The lowest BCUT2D eigenvalue weighted by molar-refractivity contribution is -0.890. The van der Waals surface area contributed by atoms with Gasteiger partial charge >= 0.3 is 6.36 Å². The molecule has 0 aromatic heterocycles. The summed E-state index contributed by atoms with van der Waals surface area (Å²) in [5.74, 6) is 0.513. The highest BCUT2D eigenvalue weighted by Crippen LogP contribution is 2.24. The second-order valence-electron chi connectivity index (χ2n) is 6.28. The predicted octanol–water partition coefficient (Wildman–Crippen LogP) is 2.77. The first-order valence-corrected chi connectivity index (χ1v) is 8.94. The van der Waals surface area contributed by atoms with Crippen LogP contribution in [0.15, 0.2) is 48.5 Å². The largest absolute Gasteiger partial charge is 0.573 e. The molecule has 0 spiro atoms. The van der Waals surface area contributed by atoms with E-state index in [4.69, 9.17) is 17.0 Å². The zero-order valence-electron chi connectivity index (χ0n) is 15.8. The Hall–Kier alpha value is -2.52. The molecule has 0 heterocycles. The summed E-state index contributed by atoms with van der Waals surface area (Å²) in [6, 6.07) is 13.2. The van der Waals surface area contributed by atoms with Gasteiger partial charge in [0.1, 0.15) is 17.5 Å². The van der Waals surface area contributed by atoms with Crippen molar-refractivity contribution in [2.75, 3.05) is 33.1 Å². The fourth-order valence-corrected chi connectivity index (χ4v) is 2.89. The summed E-state index contributed by atoms with van der Waals surface area (Å²) in [6.07, 6.45) is -4.71. The maximum Gasteiger partial charge on any atom is 0.573 e. The van der Waals surface area contributed by atoms with E-state index in [1.807, 2.05) is 38.4 Å². The number of thiocarbonyl (C=S) groups is 1. The van der Waals surface area contributed by atoms with Crippen LogP contribution in [-0.4, -0.2) is 39.2 Å². The molecule has 152 valence electrons. The summed E-state index contributed by atoms with van der Waals surface area (Å²) in [6.45, 7) is 0.545. The minimum atomic E-state index is -4.71. The maximum absolute atomic E-state index is 12.2. The van der Waals surface area contributed by atoms with Crippen LogP contribution in [0.1, 0.15) is 11.6 Å². The molecule has 0 fully saturated rings. The van der Waals surface area contributed by atoms with Crippen LogP contribution in [0, 0.1) is 0 Å². The lowest BCUT2D eigenvalue weighted by Crippen LogP contribution is -3.07. The number of para-hydroxylation sites is 1. The first kappa shape index (κ1) is 21.8. The number of nitrogens with one attached hydrogen (secondary N) is 3. The topological polar surface area (TPSA) is 47.0 Å². The van der Waals surface area contributed by atoms with E-state index in [9.17, 15) is 13.2 Å². The minimum absolute atomic E-state index is 0.0819. The highest BCUT2D eigenvalue weighted by molar-refractivity contribution is 7.80. The normalized spacial score (nSPS) is 12.4. The molecule has 0 unspecified atom stereocenters. The van der Waals surface area contributed by atoms with Gasteiger partial charge in [-0.1, -0.05) is 12.1 Å². The van der Waals surface area contributed by atoms with Crippen LogP contribution in [0.2, 0.25) is 0 Å². The smallest absolute Gasteiger partial charge is 0.496 e. The molecule has 3 N–H and O–H groups in total. The zero-order chi connectivity index (χ0) is 20.7. The number of alkyl halides is 3. The lowest BCUT2D eigenvalue weighted by atomic mass is 10.0. The van der Waals surface area contributed by atoms with Gasteiger partial charge < -0.3 is 25.0 Å². The van der Waals surface area contributed by atoms with Crippen LogP contribution in [0.25, 0.3) is 0 Å². The van der Waals surface area contributed by atoms with Crippen molar-refractivity contribution in [1.29, 1.82) is 0 Å². The number of quaternary nitrogens is 1. The van der Waals surface area contributed by atoms with Crippen molar-refractivity contribution in [2.24, 2.45) is 0 Å². The third-order valence-corrected chi connectivity index (χ3v) is 4.27. The van der Waals surface area contributed by atoms with Gasteiger partial charge in [0.2, 0.25) is 0 Å². The maximum atomic E-state index is 12.2. The van der Waals surface area contributed by atoms with Gasteiger partial charge in [0.15, 0.2) is 5.11 Å². The van der Waals surface area contributed by atoms with Crippen molar-refractivity contribution in [3.63, 3.8) is 0 Å². The van der Waals surface area contributed by atoms with E-state index in [0.717, 1.165) is 11.3 Å². The Bertz CT molecular complexity index is 783. The quantitative estimate of drug-likeness (QED) is 0.609. The van der Waals surface area contributed by atoms with Gasteiger partial charge in [0, 0.05) is 5.69 Å². The average Bonchev–Trinajstić information content (AvgIpc) is 2.62. The second kappa shape index (κ2) is 9.61. The van der Waals surface area contributed by atoms with Gasteiger partial charge in [-0.05, 0) is 48.6 Å². The van der Waals surface area contributed by atoms with Gasteiger partial charge in [-0.15, -0.1) is 13.2 Å². The lowest BCUT2D eigenvalue weighted by Gasteiger charge is -2.24. The van der Waals surface area contributed by atoms with E-state index in [-0.39, 0.29) is 11.8 Å². The molecule has 2 aromatic rings. The van der Waals surface area contributed by atoms with Crippen LogP contribution >= 0.6 is 12.2 Å². The summed E-state index contributed by atoms with van der Waals surface area (Å²) in [7, 11) is 5.70. The molecule has 0 saturated heterocycles. The molecule has 0 saturated carbocycles. The molecule has 0 aliphatic rings. The fraction of sp³-hybridized carbons (Fsp3) is 0.316. The summed E-state index contributed by atoms with van der Waals surface area (Å²) in [4.78, 5) is 1.19. The fourth-order valence-electron chi connectivity index (χ4n) is 2.69. The summed E-state index contributed by atoms with van der Waals surface area (Å²) >= 11 is 5.30. The standard InChI is InChI=1S/C19H22F3N3O2S/c1-25(2)16(15-6-4-5-7-17(15)26-3)12-23-18(28)24-13-8-10-14(11-9-13)27-19(20,21)22/h4-11,16H,12H2,1-3H3,(H2,23,24,28)/p+1/t16-/m1/s1. The number of benzene rings is 2. The Morgan fingerprint density at radius 1 is 1.11 bits per heavy atom. The second-order valence-corrected chi connectivity index (χ2v) is 6.69. The molecule has 1 atom stereocenters. The number of likely N-dealkylation sites (N-methyl/N-ethyl adjacent to an activating group) is 1. The molecule has 0 bridgehead atoms. The number of anilines is 1. The number of ether oxygens (including phenoxy) is 2. The van der Waals surface area contributed by atoms with Crippen molar-refractivity contribution in [2.45, 2.75) is 12.4 Å². The SMILES string of the molecule is COc1ccccc1[C@@H](CNC(=S)Nc1ccc(OC(F)(F)F)cc1)[NH+](C)C. The van der Waals surface area contributed by atoms with Crippen LogP contribution in [0.4, 0.5) is 18.9 Å². The molecule has 2 rings (SSSR count). The molecule has 2 aromatic carbocycles. The van der Waals surface area contributed by atoms with Crippen molar-refractivity contribution in [3.05, 3.63) is 54.1 Å². The Kier molecular flexibility index (Phi) is 7.47. The Morgan fingerprint density at radius 2 is 1.75 bits per heavy atom. The molecular weight excluding hydrogens is 391 g/mol. The van der Waals surface area contributed by atoms with E-state index in [2.05, 4.69) is 15.4 Å². The number of methoxy groups -OCH3 is 1. The predicted molar refractivity (Wildman–Crippen MR) is 106 cm³/mol. The van der Waals surface area contributed by atoms with Gasteiger partial charge in [0.25, 0.3) is 0 Å². The number of halogens is 3. The summed E-state index contributed by atoms with van der Waals surface area (Å²) in [5, 5.41) is 6.46. The summed E-state index contributed by atoms with van der Waals surface area (Å²) < 4.78 is 45.9. The number of hydrogen-bond acceptors (Lipinski definition) is 3. The molecule has 28 heavy (non-hydrogen) atoms. The van der Waals surface area contributed by atoms with Gasteiger partial charge in [-0.25, -0.2) is 0 Å². The first-order valence-electron chi connectivity index (χ1n) is 8.53. The van der Waals surface area contributed by atoms with Crippen molar-refractivity contribution < 1.29 is 27.5 Å². The Morgan fingerprint density at radius 3 is 2.32 bits per heavy atom. The molecule has 0 aliphatic heterocycles. The van der Waals surface area contributed by atoms with Crippen molar-refractivity contribution >= 4 is 23.0 Å². The highest BCUT2D eigenvalue weighted by atomic mass is 32.1. The van der Waals surface area contributed by atoms with Gasteiger partial charge in [0.05, 0.1) is 33.3 Å². The molecule has 0 amide bonds. The Balaban J connectivity index is 1.96. The molecule has 0 aliphatic carbocycles. The van der Waals surface area contributed by atoms with Crippen molar-refractivity contribution in [3.8, 4) is 11.5 Å². The molecular formula is C19H23F3N3O2S+. The third-order valence-electron chi connectivity index (χ3n) is 4.02. The number of rotatable bonds is 7. The van der Waals surface area contributed by atoms with E-state index in [0.29, 0.717) is 17.3 Å².